The Morgan fingerprint density at radius 1 is 1.40 bits per heavy atom. The number of piperidine rings is 1. The molecule has 140 valence electrons. The predicted molar refractivity (Wildman–Crippen MR) is 97.1 cm³/mol. The molecule has 0 bridgehead atoms. The lowest BCUT2D eigenvalue weighted by atomic mass is 9.99. The number of carbonyl (C=O) groups is 1. The maximum atomic E-state index is 12.9. The smallest absolute Gasteiger partial charge is 0.243 e. The van der Waals surface area contributed by atoms with E-state index in [1.807, 2.05) is 6.92 Å². The maximum absolute atomic E-state index is 12.9. The number of nitrogens with zero attached hydrogens (tertiary/aromatic N) is 1. The van der Waals surface area contributed by atoms with Crippen LogP contribution in [-0.2, 0) is 14.8 Å². The van der Waals surface area contributed by atoms with E-state index in [9.17, 15) is 13.2 Å². The molecule has 1 atom stereocenters. The van der Waals surface area contributed by atoms with Crippen molar-refractivity contribution in [3.05, 3.63) is 23.8 Å². The largest absolute Gasteiger partial charge is 0.496 e. The number of ether oxygens (including phenoxy) is 1. The van der Waals surface area contributed by atoms with Gasteiger partial charge in [-0.1, -0.05) is 13.3 Å². The van der Waals surface area contributed by atoms with Gasteiger partial charge in [-0.25, -0.2) is 8.42 Å². The molecule has 1 saturated heterocycles. The number of sulfonamides is 1. The fourth-order valence-corrected chi connectivity index (χ4v) is 4.68. The first-order chi connectivity index (χ1) is 11.9. The number of aryl methyl sites for hydroxylation is 1. The van der Waals surface area contributed by atoms with E-state index in [0.717, 1.165) is 24.8 Å². The first-order valence-corrected chi connectivity index (χ1v) is 10.3. The molecule has 1 aliphatic rings. The number of benzene rings is 1. The standard InChI is InChI=1S/C18H28N2O4S/c1-4-5-10-19-18(21)15-7-6-11-20(13-15)25(22,23)16-8-9-17(24-3)14(2)12-16/h8-9,12,15H,4-7,10-11,13H2,1-3H3,(H,19,21). The average molecular weight is 368 g/mol. The van der Waals surface area contributed by atoms with Gasteiger partial charge in [0.15, 0.2) is 0 Å². The number of unbranched alkanes of at least 4 members (excludes halogenated alkanes) is 1. The zero-order valence-corrected chi connectivity index (χ0v) is 16.1. The number of carbonyl (C=O) groups excluding carboxylic acids is 1. The van der Waals surface area contributed by atoms with Crippen molar-refractivity contribution in [3.63, 3.8) is 0 Å². The van der Waals surface area contributed by atoms with Gasteiger partial charge in [0.25, 0.3) is 0 Å². The fraction of sp³-hybridized carbons (Fsp3) is 0.611. The Bertz CT molecular complexity index is 703. The summed E-state index contributed by atoms with van der Waals surface area (Å²) in [7, 11) is -2.04. The van der Waals surface area contributed by atoms with Crippen LogP contribution in [-0.4, -0.2) is 45.4 Å². The molecule has 0 saturated carbocycles. The van der Waals surface area contributed by atoms with Gasteiger partial charge in [0.1, 0.15) is 5.75 Å². The zero-order valence-electron chi connectivity index (χ0n) is 15.2. The maximum Gasteiger partial charge on any atom is 0.243 e. The van der Waals surface area contributed by atoms with Crippen LogP contribution < -0.4 is 10.1 Å². The molecule has 2 rings (SSSR count). The van der Waals surface area contributed by atoms with Crippen LogP contribution in [0, 0.1) is 12.8 Å². The highest BCUT2D eigenvalue weighted by Gasteiger charge is 2.33. The summed E-state index contributed by atoms with van der Waals surface area (Å²) in [6.07, 6.45) is 3.37. The van der Waals surface area contributed by atoms with Gasteiger partial charge in [-0.15, -0.1) is 0 Å². The van der Waals surface area contributed by atoms with Crippen LogP contribution in [0.4, 0.5) is 0 Å². The van der Waals surface area contributed by atoms with Crippen LogP contribution in [0.1, 0.15) is 38.2 Å². The monoisotopic (exact) mass is 368 g/mol. The number of hydrogen-bond donors (Lipinski definition) is 1. The predicted octanol–water partition coefficient (Wildman–Crippen LogP) is 2.32. The third-order valence-corrected chi connectivity index (χ3v) is 6.45. The first kappa shape index (κ1) is 19.7. The summed E-state index contributed by atoms with van der Waals surface area (Å²) in [5, 5.41) is 2.91. The van der Waals surface area contributed by atoms with Gasteiger partial charge in [0.05, 0.1) is 17.9 Å². The Balaban J connectivity index is 2.11. The number of hydrogen-bond acceptors (Lipinski definition) is 4. The molecule has 1 heterocycles. The number of nitrogens with one attached hydrogen (secondary N) is 1. The van der Waals surface area contributed by atoms with Crippen LogP contribution in [0.15, 0.2) is 23.1 Å². The highest BCUT2D eigenvalue weighted by atomic mass is 32.2. The normalized spacial score (nSPS) is 18.8. The van der Waals surface area contributed by atoms with Crippen molar-refractivity contribution >= 4 is 15.9 Å². The summed E-state index contributed by atoms with van der Waals surface area (Å²) in [4.78, 5) is 12.5. The first-order valence-electron chi connectivity index (χ1n) is 8.82. The summed E-state index contributed by atoms with van der Waals surface area (Å²) in [6, 6.07) is 4.85. The molecule has 0 radical (unpaired) electrons. The topological polar surface area (TPSA) is 75.7 Å². The van der Waals surface area contributed by atoms with Crippen molar-refractivity contribution in [1.82, 2.24) is 9.62 Å². The minimum absolute atomic E-state index is 0.0424. The third kappa shape index (κ3) is 4.73. The van der Waals surface area contributed by atoms with E-state index in [1.54, 1.807) is 25.3 Å². The Labute approximate surface area is 150 Å². The molecular formula is C18H28N2O4S. The third-order valence-electron chi connectivity index (χ3n) is 4.59. The van der Waals surface area contributed by atoms with Crippen molar-refractivity contribution in [3.8, 4) is 5.75 Å². The molecule has 1 fully saturated rings. The van der Waals surface area contributed by atoms with Crippen molar-refractivity contribution in [2.24, 2.45) is 5.92 Å². The van der Waals surface area contributed by atoms with Crippen molar-refractivity contribution in [1.29, 1.82) is 0 Å². The highest BCUT2D eigenvalue weighted by molar-refractivity contribution is 7.89. The molecule has 1 aliphatic heterocycles. The molecule has 1 amide bonds. The average Bonchev–Trinajstić information content (AvgIpc) is 2.61. The summed E-state index contributed by atoms with van der Waals surface area (Å²) < 4.78 is 32.5. The lowest BCUT2D eigenvalue weighted by molar-refractivity contribution is -0.126. The minimum atomic E-state index is -3.60. The van der Waals surface area contributed by atoms with Gasteiger partial charge in [-0.3, -0.25) is 4.79 Å². The number of amides is 1. The van der Waals surface area contributed by atoms with Gasteiger partial charge in [-0.05, 0) is 49.9 Å². The molecule has 7 heteroatoms. The zero-order chi connectivity index (χ0) is 18.4. The van der Waals surface area contributed by atoms with E-state index < -0.39 is 10.0 Å². The summed E-state index contributed by atoms with van der Waals surface area (Å²) in [6.45, 7) is 5.23. The number of rotatable bonds is 7. The molecule has 0 spiro atoms. The molecule has 1 unspecified atom stereocenters. The van der Waals surface area contributed by atoms with Crippen LogP contribution in [0.3, 0.4) is 0 Å². The summed E-state index contributed by atoms with van der Waals surface area (Å²) >= 11 is 0. The quantitative estimate of drug-likeness (QED) is 0.750. The van der Waals surface area contributed by atoms with E-state index in [4.69, 9.17) is 4.74 Å². The Hall–Kier alpha value is -1.60. The summed E-state index contributed by atoms with van der Waals surface area (Å²) in [5.74, 6) is 0.338. The Morgan fingerprint density at radius 2 is 2.16 bits per heavy atom. The van der Waals surface area contributed by atoms with Gasteiger partial charge in [0.2, 0.25) is 15.9 Å². The van der Waals surface area contributed by atoms with E-state index in [2.05, 4.69) is 12.2 Å². The van der Waals surface area contributed by atoms with Crippen LogP contribution in [0.25, 0.3) is 0 Å². The highest BCUT2D eigenvalue weighted by Crippen LogP contribution is 2.27. The van der Waals surface area contributed by atoms with Gasteiger partial charge < -0.3 is 10.1 Å². The summed E-state index contributed by atoms with van der Waals surface area (Å²) in [5.41, 5.74) is 0.773. The molecule has 1 aromatic rings. The lowest BCUT2D eigenvalue weighted by Crippen LogP contribution is -2.45. The Kier molecular flexibility index (Phi) is 6.84. The van der Waals surface area contributed by atoms with E-state index in [1.165, 1.54) is 4.31 Å². The van der Waals surface area contributed by atoms with Crippen molar-refractivity contribution in [2.45, 2.75) is 44.4 Å². The van der Waals surface area contributed by atoms with Crippen LogP contribution in [0.2, 0.25) is 0 Å². The molecular weight excluding hydrogens is 340 g/mol. The molecule has 25 heavy (non-hydrogen) atoms. The lowest BCUT2D eigenvalue weighted by Gasteiger charge is -2.31. The van der Waals surface area contributed by atoms with E-state index in [-0.39, 0.29) is 23.3 Å². The van der Waals surface area contributed by atoms with E-state index in [0.29, 0.717) is 25.3 Å². The van der Waals surface area contributed by atoms with E-state index >= 15 is 0 Å². The molecule has 1 aromatic carbocycles. The second-order valence-electron chi connectivity index (χ2n) is 6.48. The van der Waals surface area contributed by atoms with Gasteiger partial charge >= 0.3 is 0 Å². The molecule has 0 aromatic heterocycles. The van der Waals surface area contributed by atoms with Gasteiger partial charge in [0, 0.05) is 19.6 Å². The fourth-order valence-electron chi connectivity index (χ4n) is 3.07. The minimum Gasteiger partial charge on any atom is -0.496 e. The second-order valence-corrected chi connectivity index (χ2v) is 8.42. The van der Waals surface area contributed by atoms with Crippen molar-refractivity contribution in [2.75, 3.05) is 26.7 Å². The van der Waals surface area contributed by atoms with Gasteiger partial charge in [-0.2, -0.15) is 4.31 Å². The Morgan fingerprint density at radius 3 is 2.80 bits per heavy atom. The SMILES string of the molecule is CCCCNC(=O)C1CCCN(S(=O)(=O)c2ccc(OC)c(C)c2)C1. The second kappa shape index (κ2) is 8.67. The number of methoxy groups -OCH3 is 1. The van der Waals surface area contributed by atoms with Crippen molar-refractivity contribution < 1.29 is 17.9 Å². The van der Waals surface area contributed by atoms with Crippen LogP contribution in [0.5, 0.6) is 5.75 Å². The molecule has 1 N–H and O–H groups in total. The molecule has 6 nitrogen and oxygen atoms in total. The van der Waals surface area contributed by atoms with Crippen LogP contribution >= 0.6 is 0 Å². The molecule has 0 aliphatic carbocycles.